The summed E-state index contributed by atoms with van der Waals surface area (Å²) < 4.78 is 6.17. The number of likely N-dealkylation sites (N-methyl/N-ethyl adjacent to an activating group) is 1. The Labute approximate surface area is 199 Å². The Bertz CT molecular complexity index is 1380. The summed E-state index contributed by atoms with van der Waals surface area (Å²) in [7, 11) is 0. The van der Waals surface area contributed by atoms with Crippen LogP contribution in [-0.4, -0.2) is 34.0 Å². The van der Waals surface area contributed by atoms with Crippen molar-refractivity contribution in [2.75, 3.05) is 13.1 Å². The topological polar surface area (TPSA) is 62.7 Å². The lowest BCUT2D eigenvalue weighted by atomic mass is 9.92. The average molecular weight is 451 g/mol. The van der Waals surface area contributed by atoms with Crippen molar-refractivity contribution in [3.63, 3.8) is 0 Å². The van der Waals surface area contributed by atoms with E-state index in [1.807, 2.05) is 78.9 Å². The summed E-state index contributed by atoms with van der Waals surface area (Å²) in [6, 6.07) is 25.5. The molecular weight excluding hydrogens is 424 g/mol. The molecular formula is C29H26N2O3. The van der Waals surface area contributed by atoms with E-state index in [9.17, 15) is 9.90 Å². The van der Waals surface area contributed by atoms with Gasteiger partial charge in [0.15, 0.2) is 0 Å². The summed E-state index contributed by atoms with van der Waals surface area (Å²) in [6.45, 7) is 4.64. The fraction of sp³-hybridized carbons (Fsp3) is 0.172. The van der Waals surface area contributed by atoms with Gasteiger partial charge in [0.2, 0.25) is 0 Å². The lowest BCUT2D eigenvalue weighted by molar-refractivity contribution is 0.0696. The number of carbonyl (C=O) groups is 1. The molecule has 0 fully saturated rings. The first-order chi connectivity index (χ1) is 16.6. The minimum Gasteiger partial charge on any atom is -0.488 e. The number of hydrogen-bond donors (Lipinski definition) is 1. The summed E-state index contributed by atoms with van der Waals surface area (Å²) in [5.41, 5.74) is 5.62. The molecule has 1 N–H and O–H groups in total. The monoisotopic (exact) mass is 450 g/mol. The second-order valence-corrected chi connectivity index (χ2v) is 8.42. The van der Waals surface area contributed by atoms with Crippen LogP contribution in [0.1, 0.15) is 39.7 Å². The number of carboxylic acid groups (broad SMARTS) is 1. The van der Waals surface area contributed by atoms with E-state index in [1.54, 1.807) is 0 Å². The highest BCUT2D eigenvalue weighted by molar-refractivity contribution is 6.06. The number of benzene rings is 3. The number of pyridine rings is 1. The summed E-state index contributed by atoms with van der Waals surface area (Å²) in [5, 5.41) is 10.8. The maximum atomic E-state index is 12.3. The van der Waals surface area contributed by atoms with Crippen molar-refractivity contribution in [2.24, 2.45) is 0 Å². The molecule has 1 aliphatic heterocycles. The first kappa shape index (κ1) is 21.9. The summed E-state index contributed by atoms with van der Waals surface area (Å²) >= 11 is 0. The van der Waals surface area contributed by atoms with E-state index in [0.29, 0.717) is 36.2 Å². The molecule has 0 aliphatic carbocycles. The van der Waals surface area contributed by atoms with Crippen LogP contribution in [0.3, 0.4) is 0 Å². The van der Waals surface area contributed by atoms with Gasteiger partial charge in [-0.2, -0.15) is 0 Å². The maximum Gasteiger partial charge on any atom is 0.336 e. The van der Waals surface area contributed by atoms with Gasteiger partial charge in [-0.3, -0.25) is 4.90 Å². The Balaban J connectivity index is 1.61. The number of carboxylic acids is 1. The van der Waals surface area contributed by atoms with E-state index in [4.69, 9.17) is 9.72 Å². The molecule has 2 heterocycles. The van der Waals surface area contributed by atoms with Gasteiger partial charge in [-0.25, -0.2) is 9.78 Å². The predicted molar refractivity (Wildman–Crippen MR) is 135 cm³/mol. The van der Waals surface area contributed by atoms with Gasteiger partial charge in [0.1, 0.15) is 12.4 Å². The Kier molecular flexibility index (Phi) is 6.11. The van der Waals surface area contributed by atoms with Crippen molar-refractivity contribution in [3.8, 4) is 5.75 Å². The summed E-state index contributed by atoms with van der Waals surface area (Å²) in [5.74, 6) is -0.132. The highest BCUT2D eigenvalue weighted by Crippen LogP contribution is 2.35. The van der Waals surface area contributed by atoms with Crippen LogP contribution in [0.15, 0.2) is 78.9 Å². The van der Waals surface area contributed by atoms with Crippen LogP contribution in [-0.2, 0) is 13.2 Å². The third-order valence-corrected chi connectivity index (χ3v) is 6.22. The number of hydrogen-bond acceptors (Lipinski definition) is 4. The Hall–Kier alpha value is -3.96. The molecule has 0 atom stereocenters. The summed E-state index contributed by atoms with van der Waals surface area (Å²) in [6.07, 6.45) is 2.09. The van der Waals surface area contributed by atoms with Gasteiger partial charge in [-0.1, -0.05) is 73.7 Å². The van der Waals surface area contributed by atoms with Crippen LogP contribution in [0, 0.1) is 0 Å². The molecule has 34 heavy (non-hydrogen) atoms. The van der Waals surface area contributed by atoms with Gasteiger partial charge in [-0.05, 0) is 35.9 Å². The van der Waals surface area contributed by atoms with Crippen LogP contribution in [0.2, 0.25) is 0 Å². The predicted octanol–water partition coefficient (Wildman–Crippen LogP) is 5.89. The molecule has 5 nitrogen and oxygen atoms in total. The van der Waals surface area contributed by atoms with Crippen molar-refractivity contribution in [1.82, 2.24) is 9.88 Å². The molecule has 0 spiro atoms. The molecule has 1 aromatic heterocycles. The normalized spacial score (nSPS) is 14.8. The number of aromatic carboxylic acids is 1. The van der Waals surface area contributed by atoms with Crippen molar-refractivity contribution in [3.05, 3.63) is 107 Å². The SMILES string of the molecule is CCN1C/C(=C\c2ccccc2OCc2ccccc2)c2nc3ccccc3c(C(=O)O)c2C1. The average Bonchev–Trinajstić information content (AvgIpc) is 2.87. The van der Waals surface area contributed by atoms with Crippen LogP contribution >= 0.6 is 0 Å². The first-order valence-electron chi connectivity index (χ1n) is 11.5. The largest absolute Gasteiger partial charge is 0.488 e. The van der Waals surface area contributed by atoms with Crippen LogP contribution in [0.25, 0.3) is 22.6 Å². The van der Waals surface area contributed by atoms with Crippen molar-refractivity contribution in [1.29, 1.82) is 0 Å². The van der Waals surface area contributed by atoms with Crippen molar-refractivity contribution >= 4 is 28.5 Å². The number of aromatic nitrogens is 1. The van der Waals surface area contributed by atoms with E-state index in [0.717, 1.165) is 40.3 Å². The Morgan fingerprint density at radius 2 is 1.74 bits per heavy atom. The Morgan fingerprint density at radius 3 is 2.53 bits per heavy atom. The molecule has 5 heteroatoms. The van der Waals surface area contributed by atoms with Gasteiger partial charge in [0.05, 0.1) is 16.8 Å². The first-order valence-corrected chi connectivity index (χ1v) is 11.5. The molecule has 3 aromatic carbocycles. The molecule has 1 aliphatic rings. The maximum absolute atomic E-state index is 12.3. The molecule has 170 valence electrons. The number of para-hydroxylation sites is 2. The van der Waals surface area contributed by atoms with Crippen molar-refractivity contribution < 1.29 is 14.6 Å². The number of rotatable bonds is 6. The third-order valence-electron chi connectivity index (χ3n) is 6.22. The van der Waals surface area contributed by atoms with Gasteiger partial charge < -0.3 is 9.84 Å². The minimum absolute atomic E-state index is 0.346. The highest BCUT2D eigenvalue weighted by Gasteiger charge is 2.28. The van der Waals surface area contributed by atoms with E-state index in [-0.39, 0.29) is 0 Å². The highest BCUT2D eigenvalue weighted by atomic mass is 16.5. The lowest BCUT2D eigenvalue weighted by Crippen LogP contribution is -2.31. The smallest absolute Gasteiger partial charge is 0.336 e. The van der Waals surface area contributed by atoms with Crippen molar-refractivity contribution in [2.45, 2.75) is 20.1 Å². The van der Waals surface area contributed by atoms with E-state index in [2.05, 4.69) is 17.9 Å². The second-order valence-electron chi connectivity index (χ2n) is 8.42. The molecule has 0 saturated heterocycles. The molecule has 0 bridgehead atoms. The zero-order valence-electron chi connectivity index (χ0n) is 19.1. The quantitative estimate of drug-likeness (QED) is 0.397. The molecule has 0 amide bonds. The van der Waals surface area contributed by atoms with Gasteiger partial charge in [0, 0.05) is 29.6 Å². The molecule has 4 aromatic rings. The van der Waals surface area contributed by atoms with Crippen LogP contribution < -0.4 is 4.74 Å². The fourth-order valence-corrected chi connectivity index (χ4v) is 4.50. The minimum atomic E-state index is -0.918. The number of fused-ring (bicyclic) bond motifs is 2. The van der Waals surface area contributed by atoms with E-state index >= 15 is 0 Å². The Morgan fingerprint density at radius 1 is 1.00 bits per heavy atom. The third kappa shape index (κ3) is 4.30. The second kappa shape index (κ2) is 9.49. The van der Waals surface area contributed by atoms with Gasteiger partial charge >= 0.3 is 5.97 Å². The summed E-state index contributed by atoms with van der Waals surface area (Å²) in [4.78, 5) is 19.5. The number of nitrogens with zero attached hydrogens (tertiary/aromatic N) is 2. The van der Waals surface area contributed by atoms with Crippen LogP contribution in [0.4, 0.5) is 0 Å². The standard InChI is InChI=1S/C29H26N2O3/c1-2-31-17-22(16-21-12-6-9-15-26(21)34-19-20-10-4-3-5-11-20)28-24(18-31)27(29(32)33)23-13-7-8-14-25(23)30-28/h3-16H,2,17-19H2,1H3,(H,32,33)/b22-16+. The van der Waals surface area contributed by atoms with Gasteiger partial charge in [-0.15, -0.1) is 0 Å². The zero-order valence-corrected chi connectivity index (χ0v) is 19.1. The van der Waals surface area contributed by atoms with Crippen LogP contribution in [0.5, 0.6) is 5.75 Å². The van der Waals surface area contributed by atoms with Gasteiger partial charge in [0.25, 0.3) is 0 Å². The molecule has 5 rings (SSSR count). The zero-order chi connectivity index (χ0) is 23.5. The number of ether oxygens (including phenoxy) is 1. The fourth-order valence-electron chi connectivity index (χ4n) is 4.50. The molecule has 0 radical (unpaired) electrons. The van der Waals surface area contributed by atoms with E-state index < -0.39 is 5.97 Å². The lowest BCUT2D eigenvalue weighted by Gasteiger charge is -2.30. The molecule has 0 saturated carbocycles. The molecule has 0 unspecified atom stereocenters. The van der Waals surface area contributed by atoms with E-state index in [1.165, 1.54) is 0 Å².